The van der Waals surface area contributed by atoms with Crippen LogP contribution in [0, 0.1) is 0 Å². The van der Waals surface area contributed by atoms with E-state index in [0.717, 1.165) is 49.6 Å². The Labute approximate surface area is 190 Å². The summed E-state index contributed by atoms with van der Waals surface area (Å²) in [7, 11) is 0. The molecule has 1 saturated heterocycles. The fourth-order valence-electron chi connectivity index (χ4n) is 4.04. The maximum atomic E-state index is 12.9. The van der Waals surface area contributed by atoms with Gasteiger partial charge in [0.15, 0.2) is 0 Å². The monoisotopic (exact) mass is 429 g/mol. The quantitative estimate of drug-likeness (QED) is 0.565. The third-order valence-electron chi connectivity index (χ3n) is 5.82. The number of carbonyl (C=O) groups excluding carboxylic acids is 1. The molecule has 0 atom stereocenters. The van der Waals surface area contributed by atoms with Gasteiger partial charge in [-0.1, -0.05) is 78.9 Å². The molecule has 1 aliphatic heterocycles. The predicted octanol–water partition coefficient (Wildman–Crippen LogP) is 3.59. The summed E-state index contributed by atoms with van der Waals surface area (Å²) in [6, 6.07) is 30.1. The van der Waals surface area contributed by atoms with Crippen molar-refractivity contribution in [2.24, 2.45) is 0 Å². The number of benzene rings is 3. The van der Waals surface area contributed by atoms with Gasteiger partial charge < -0.3 is 10.1 Å². The van der Waals surface area contributed by atoms with Crippen LogP contribution in [0.15, 0.2) is 91.0 Å². The van der Waals surface area contributed by atoms with Gasteiger partial charge in [0.05, 0.1) is 12.6 Å². The van der Waals surface area contributed by atoms with E-state index in [0.29, 0.717) is 13.2 Å². The molecule has 0 aliphatic carbocycles. The second kappa shape index (κ2) is 11.5. The third kappa shape index (κ3) is 6.42. The Bertz CT molecular complexity index is 903. The summed E-state index contributed by atoms with van der Waals surface area (Å²) in [6.45, 7) is 5.68. The first-order chi connectivity index (χ1) is 15.8. The van der Waals surface area contributed by atoms with Crippen molar-refractivity contribution in [3.05, 3.63) is 102 Å². The van der Waals surface area contributed by atoms with Crippen molar-refractivity contribution in [1.29, 1.82) is 0 Å². The van der Waals surface area contributed by atoms with E-state index in [1.54, 1.807) is 0 Å². The first-order valence-electron chi connectivity index (χ1n) is 11.3. The molecule has 0 saturated carbocycles. The van der Waals surface area contributed by atoms with Crippen LogP contribution in [0.5, 0.6) is 5.75 Å². The zero-order valence-electron chi connectivity index (χ0n) is 18.4. The van der Waals surface area contributed by atoms with Crippen molar-refractivity contribution in [2.45, 2.75) is 6.04 Å². The average molecular weight is 430 g/mol. The Morgan fingerprint density at radius 2 is 1.25 bits per heavy atom. The van der Waals surface area contributed by atoms with E-state index in [-0.39, 0.29) is 11.9 Å². The van der Waals surface area contributed by atoms with Crippen molar-refractivity contribution in [3.8, 4) is 5.75 Å². The molecule has 0 unspecified atom stereocenters. The Morgan fingerprint density at radius 3 is 1.81 bits per heavy atom. The zero-order valence-corrected chi connectivity index (χ0v) is 18.4. The Morgan fingerprint density at radius 1 is 0.750 bits per heavy atom. The van der Waals surface area contributed by atoms with Crippen LogP contribution >= 0.6 is 0 Å². The topological polar surface area (TPSA) is 44.8 Å². The zero-order chi connectivity index (χ0) is 22.0. The van der Waals surface area contributed by atoms with Crippen LogP contribution in [-0.2, 0) is 4.79 Å². The number of hydrogen-bond acceptors (Lipinski definition) is 4. The molecule has 1 fully saturated rings. The summed E-state index contributed by atoms with van der Waals surface area (Å²) in [4.78, 5) is 17.5. The normalized spacial score (nSPS) is 14.9. The van der Waals surface area contributed by atoms with Crippen molar-refractivity contribution in [3.63, 3.8) is 0 Å². The van der Waals surface area contributed by atoms with Crippen LogP contribution in [0.25, 0.3) is 0 Å². The number of piperazine rings is 1. The molecule has 0 spiro atoms. The van der Waals surface area contributed by atoms with Gasteiger partial charge in [0.25, 0.3) is 0 Å². The standard InChI is InChI=1S/C27H31N3O2/c31-26(28-27(23-10-4-1-5-11-23)24-12-6-2-7-13-24)22-30-18-16-29(17-19-30)20-21-32-25-14-8-3-9-15-25/h1-15,27H,16-22H2,(H,28,31). The number of hydrogen-bond donors (Lipinski definition) is 1. The molecule has 3 aromatic carbocycles. The van der Waals surface area contributed by atoms with E-state index in [9.17, 15) is 4.79 Å². The van der Waals surface area contributed by atoms with Gasteiger partial charge in [0.2, 0.25) is 5.91 Å². The Kier molecular flexibility index (Phi) is 7.90. The number of nitrogens with one attached hydrogen (secondary N) is 1. The third-order valence-corrected chi connectivity index (χ3v) is 5.82. The lowest BCUT2D eigenvalue weighted by Gasteiger charge is -2.34. The summed E-state index contributed by atoms with van der Waals surface area (Å²) in [5.41, 5.74) is 2.19. The molecule has 1 aliphatic rings. The Hall–Kier alpha value is -3.15. The van der Waals surface area contributed by atoms with Gasteiger partial charge in [-0.25, -0.2) is 0 Å². The largest absolute Gasteiger partial charge is 0.492 e. The highest BCUT2D eigenvalue weighted by atomic mass is 16.5. The van der Waals surface area contributed by atoms with Crippen LogP contribution in [0.4, 0.5) is 0 Å². The fourth-order valence-corrected chi connectivity index (χ4v) is 4.04. The van der Waals surface area contributed by atoms with Crippen LogP contribution in [-0.4, -0.2) is 61.6 Å². The summed E-state index contributed by atoms with van der Waals surface area (Å²) in [5.74, 6) is 0.970. The van der Waals surface area contributed by atoms with Gasteiger partial charge in [-0.3, -0.25) is 14.6 Å². The van der Waals surface area contributed by atoms with Crippen LogP contribution in [0.1, 0.15) is 17.2 Å². The second-order valence-corrected chi connectivity index (χ2v) is 8.10. The molecule has 0 bridgehead atoms. The highest BCUT2D eigenvalue weighted by Gasteiger charge is 2.21. The van der Waals surface area contributed by atoms with E-state index in [1.807, 2.05) is 66.7 Å². The SMILES string of the molecule is O=C(CN1CCN(CCOc2ccccc2)CC1)NC(c1ccccc1)c1ccccc1. The molecule has 32 heavy (non-hydrogen) atoms. The predicted molar refractivity (Wildman–Crippen MR) is 128 cm³/mol. The fraction of sp³-hybridized carbons (Fsp3) is 0.296. The molecule has 4 rings (SSSR count). The second-order valence-electron chi connectivity index (χ2n) is 8.10. The molecule has 166 valence electrons. The number of rotatable bonds is 9. The molecular formula is C27H31N3O2. The highest BCUT2D eigenvalue weighted by Crippen LogP contribution is 2.21. The molecule has 1 amide bonds. The van der Waals surface area contributed by atoms with E-state index >= 15 is 0 Å². The van der Waals surface area contributed by atoms with Gasteiger partial charge in [-0.05, 0) is 23.3 Å². The number of ether oxygens (including phenoxy) is 1. The molecule has 0 radical (unpaired) electrons. The van der Waals surface area contributed by atoms with E-state index in [1.165, 1.54) is 0 Å². The van der Waals surface area contributed by atoms with Crippen LogP contribution < -0.4 is 10.1 Å². The van der Waals surface area contributed by atoms with Crippen LogP contribution in [0.2, 0.25) is 0 Å². The molecule has 5 nitrogen and oxygen atoms in total. The van der Waals surface area contributed by atoms with Gasteiger partial charge >= 0.3 is 0 Å². The highest BCUT2D eigenvalue weighted by molar-refractivity contribution is 5.79. The summed E-state index contributed by atoms with van der Waals surface area (Å²) in [6.07, 6.45) is 0. The van der Waals surface area contributed by atoms with Crippen molar-refractivity contribution >= 4 is 5.91 Å². The lowest BCUT2D eigenvalue weighted by atomic mass is 9.99. The van der Waals surface area contributed by atoms with E-state index in [2.05, 4.69) is 39.4 Å². The van der Waals surface area contributed by atoms with Gasteiger partial charge in [-0.2, -0.15) is 0 Å². The lowest BCUT2D eigenvalue weighted by molar-refractivity contribution is -0.123. The van der Waals surface area contributed by atoms with E-state index in [4.69, 9.17) is 4.74 Å². The maximum Gasteiger partial charge on any atom is 0.234 e. The minimum absolute atomic E-state index is 0.0589. The van der Waals surface area contributed by atoms with Gasteiger partial charge in [0.1, 0.15) is 12.4 Å². The Balaban J connectivity index is 1.24. The molecule has 0 aromatic heterocycles. The maximum absolute atomic E-state index is 12.9. The minimum Gasteiger partial charge on any atom is -0.492 e. The molecule has 1 N–H and O–H groups in total. The number of nitrogens with zero attached hydrogens (tertiary/aromatic N) is 2. The summed E-state index contributed by atoms with van der Waals surface area (Å²) in [5, 5.41) is 3.25. The molecule has 1 heterocycles. The van der Waals surface area contributed by atoms with Crippen molar-refractivity contribution in [2.75, 3.05) is 45.9 Å². The molecule has 5 heteroatoms. The smallest absolute Gasteiger partial charge is 0.234 e. The summed E-state index contributed by atoms with van der Waals surface area (Å²) >= 11 is 0. The number of carbonyl (C=O) groups is 1. The van der Waals surface area contributed by atoms with Gasteiger partial charge in [0, 0.05) is 32.7 Å². The van der Waals surface area contributed by atoms with E-state index < -0.39 is 0 Å². The minimum atomic E-state index is -0.138. The number of para-hydroxylation sites is 1. The summed E-state index contributed by atoms with van der Waals surface area (Å²) < 4.78 is 5.81. The number of amides is 1. The van der Waals surface area contributed by atoms with Crippen LogP contribution in [0.3, 0.4) is 0 Å². The molecule has 3 aromatic rings. The molecular weight excluding hydrogens is 398 g/mol. The lowest BCUT2D eigenvalue weighted by Crippen LogP contribution is -2.50. The first-order valence-corrected chi connectivity index (χ1v) is 11.3. The first kappa shape index (κ1) is 22.1. The average Bonchev–Trinajstić information content (AvgIpc) is 2.85. The van der Waals surface area contributed by atoms with Crippen molar-refractivity contribution < 1.29 is 9.53 Å². The van der Waals surface area contributed by atoms with Gasteiger partial charge in [-0.15, -0.1) is 0 Å². The van der Waals surface area contributed by atoms with Crippen molar-refractivity contribution in [1.82, 2.24) is 15.1 Å².